The van der Waals surface area contributed by atoms with Gasteiger partial charge < -0.3 is 14.8 Å². The number of nitrogens with one attached hydrogen (secondary N) is 3. The van der Waals surface area contributed by atoms with Crippen LogP contribution in [-0.4, -0.2) is 20.3 Å². The molecule has 3 aromatic rings. The fourth-order valence-corrected chi connectivity index (χ4v) is 4.84. The zero-order valence-corrected chi connectivity index (χ0v) is 20.5. The third-order valence-corrected chi connectivity index (χ3v) is 7.40. The molecule has 2 heterocycles. The number of carbonyl (C=O) groups is 1. The molecule has 182 valence electrons. The molecule has 1 aliphatic rings. The summed E-state index contributed by atoms with van der Waals surface area (Å²) in [7, 11) is -3.84. The topological polar surface area (TPSA) is 152 Å². The normalized spacial score (nSPS) is 16.1. The minimum Gasteiger partial charge on any atom is -0.452 e. The van der Waals surface area contributed by atoms with Crippen LogP contribution in [0, 0.1) is 22.0 Å². The Kier molecular flexibility index (Phi) is 6.40. The number of pyridine rings is 1. The minimum absolute atomic E-state index is 0.169. The van der Waals surface area contributed by atoms with E-state index >= 15 is 0 Å². The highest BCUT2D eigenvalue weighted by atomic mass is 32.2. The molecule has 1 aliphatic carbocycles. The van der Waals surface area contributed by atoms with E-state index in [0.717, 1.165) is 18.4 Å². The zero-order chi connectivity index (χ0) is 25.4. The van der Waals surface area contributed by atoms with E-state index in [9.17, 15) is 19.4 Å². The van der Waals surface area contributed by atoms with Gasteiger partial charge in [0.25, 0.3) is 0 Å². The first-order valence-corrected chi connectivity index (χ1v) is 12.7. The highest BCUT2D eigenvalue weighted by Gasteiger charge is 2.32. The van der Waals surface area contributed by atoms with Gasteiger partial charge in [0, 0.05) is 23.4 Å². The minimum atomic E-state index is -3.84. The lowest BCUT2D eigenvalue weighted by Gasteiger charge is -2.21. The lowest BCUT2D eigenvalue weighted by atomic mass is 9.90. The molecule has 0 bridgehead atoms. The van der Waals surface area contributed by atoms with Gasteiger partial charge in [-0.25, -0.2) is 23.5 Å². The summed E-state index contributed by atoms with van der Waals surface area (Å²) in [5.74, 6) is 0.673. The number of amides is 2. The van der Waals surface area contributed by atoms with Gasteiger partial charge in [0.05, 0.1) is 17.6 Å². The number of aromatic nitrogens is 1. The lowest BCUT2D eigenvalue weighted by Crippen LogP contribution is -2.34. The van der Waals surface area contributed by atoms with Crippen molar-refractivity contribution in [3.8, 4) is 17.2 Å². The molecule has 0 radical (unpaired) electrons. The molecule has 4 N–H and O–H groups in total. The number of furan rings is 1. The van der Waals surface area contributed by atoms with Gasteiger partial charge in [-0.15, -0.1) is 0 Å². The second-order valence-corrected chi connectivity index (χ2v) is 11.0. The van der Waals surface area contributed by atoms with E-state index in [1.807, 2.05) is 24.3 Å². The number of nitrogens with zero attached hydrogens (tertiary/aromatic N) is 2. The molecule has 0 aliphatic heterocycles. The first-order chi connectivity index (χ1) is 16.5. The number of rotatable bonds is 7. The Balaban J connectivity index is 1.67. The van der Waals surface area contributed by atoms with Crippen molar-refractivity contribution >= 4 is 21.6 Å². The van der Waals surface area contributed by atoms with E-state index in [0.29, 0.717) is 28.3 Å². The second-order valence-electron chi connectivity index (χ2n) is 9.26. The summed E-state index contributed by atoms with van der Waals surface area (Å²) < 4.78 is 28.6. The predicted octanol–water partition coefficient (Wildman–Crippen LogP) is 5.10. The van der Waals surface area contributed by atoms with Crippen LogP contribution in [-0.2, 0) is 15.5 Å². The molecule has 2 atom stereocenters. The quantitative estimate of drug-likeness (QED) is 0.359. The molecule has 1 aromatic carbocycles. The maximum atomic E-state index is 13.0. The van der Waals surface area contributed by atoms with Crippen molar-refractivity contribution in [2.24, 2.45) is 5.92 Å². The molecule has 10 heteroatoms. The highest BCUT2D eigenvalue weighted by molar-refractivity contribution is 7.91. The average molecular weight is 494 g/mol. The van der Waals surface area contributed by atoms with E-state index < -0.39 is 21.5 Å². The standard InChI is InChI=1S/C25H27N5O4S/c1-15(16-7-8-16)20-5-4-6-21(17-9-10-28-19(11-17)13-26)23(20)29-24(31)30-35(27,33)22-12-18(14-34-22)25(2,3)32/h4-6,9-12,14-16,32H,7-8H2,1-3H3,(H3,27,29,30,31,33)/t15-,35?/m0/s1. The van der Waals surface area contributed by atoms with Gasteiger partial charge in [0.15, 0.2) is 9.92 Å². The number of aliphatic hydroxyl groups is 1. The molecule has 2 aromatic heterocycles. The summed E-state index contributed by atoms with van der Waals surface area (Å²) in [5.41, 5.74) is 2.14. The van der Waals surface area contributed by atoms with E-state index in [2.05, 4.69) is 21.9 Å². The first kappa shape index (κ1) is 24.4. The average Bonchev–Trinajstić information content (AvgIpc) is 3.51. The summed E-state index contributed by atoms with van der Waals surface area (Å²) in [6, 6.07) is 11.5. The SMILES string of the molecule is C[C@H](c1cccc(-c2ccnc(C#N)c2)c1NC(=O)NS(=N)(=O)c1cc(C(C)(C)O)co1)C1CC1. The third kappa shape index (κ3) is 5.37. The van der Waals surface area contributed by atoms with E-state index in [1.54, 1.807) is 12.1 Å². The Labute approximate surface area is 204 Å². The largest absolute Gasteiger partial charge is 0.452 e. The summed E-state index contributed by atoms with van der Waals surface area (Å²) >= 11 is 0. The summed E-state index contributed by atoms with van der Waals surface area (Å²) in [6.45, 7) is 5.16. The Hall–Kier alpha value is -3.68. The second kappa shape index (κ2) is 9.17. The number of anilines is 1. The third-order valence-electron chi connectivity index (χ3n) is 6.14. The molecular formula is C25H27N5O4S. The first-order valence-electron chi connectivity index (χ1n) is 11.2. The van der Waals surface area contributed by atoms with Crippen LogP contribution in [0.1, 0.15) is 56.4 Å². The molecule has 9 nitrogen and oxygen atoms in total. The maximum absolute atomic E-state index is 13.0. The smallest absolute Gasteiger partial charge is 0.332 e. The van der Waals surface area contributed by atoms with Crippen molar-refractivity contribution in [3.05, 3.63) is 65.7 Å². The summed E-state index contributed by atoms with van der Waals surface area (Å²) in [6.07, 6.45) is 4.95. The molecular weight excluding hydrogens is 466 g/mol. The van der Waals surface area contributed by atoms with Gasteiger partial charge in [-0.1, -0.05) is 25.1 Å². The Morgan fingerprint density at radius 1 is 1.34 bits per heavy atom. The molecule has 1 unspecified atom stereocenters. The van der Waals surface area contributed by atoms with Crippen LogP contribution in [0.4, 0.5) is 10.5 Å². The van der Waals surface area contributed by atoms with Gasteiger partial charge >= 0.3 is 6.03 Å². The number of para-hydroxylation sites is 1. The molecule has 0 saturated heterocycles. The fourth-order valence-electron chi connectivity index (χ4n) is 3.95. The van der Waals surface area contributed by atoms with Crippen LogP contribution >= 0.6 is 0 Å². The van der Waals surface area contributed by atoms with Crippen molar-refractivity contribution < 1.29 is 18.5 Å². The summed E-state index contributed by atoms with van der Waals surface area (Å²) in [5, 5.41) is 21.9. The molecule has 0 spiro atoms. The van der Waals surface area contributed by atoms with Gasteiger partial charge in [0.2, 0.25) is 5.09 Å². The number of benzene rings is 1. The van der Waals surface area contributed by atoms with Crippen molar-refractivity contribution in [2.75, 3.05) is 5.32 Å². The predicted molar refractivity (Wildman–Crippen MR) is 131 cm³/mol. The van der Waals surface area contributed by atoms with E-state index in [1.165, 1.54) is 32.4 Å². The number of carbonyl (C=O) groups excluding carboxylic acids is 1. The molecule has 35 heavy (non-hydrogen) atoms. The highest BCUT2D eigenvalue weighted by Crippen LogP contribution is 2.46. The van der Waals surface area contributed by atoms with Gasteiger partial charge in [-0.2, -0.15) is 5.26 Å². The molecule has 4 rings (SSSR count). The van der Waals surface area contributed by atoms with Crippen LogP contribution in [0.2, 0.25) is 0 Å². The maximum Gasteiger partial charge on any atom is 0.332 e. The van der Waals surface area contributed by atoms with Gasteiger partial charge in [-0.3, -0.25) is 0 Å². The lowest BCUT2D eigenvalue weighted by molar-refractivity contribution is 0.0779. The molecule has 1 fully saturated rings. The zero-order valence-electron chi connectivity index (χ0n) is 19.7. The molecule has 2 amide bonds. The van der Waals surface area contributed by atoms with Gasteiger partial charge in [0.1, 0.15) is 11.8 Å². The number of hydrogen-bond donors (Lipinski definition) is 4. The number of hydrogen-bond acceptors (Lipinski definition) is 7. The Morgan fingerprint density at radius 3 is 2.71 bits per heavy atom. The monoisotopic (exact) mass is 493 g/mol. The Bertz CT molecular complexity index is 1410. The van der Waals surface area contributed by atoms with Crippen molar-refractivity contribution in [3.63, 3.8) is 0 Å². The van der Waals surface area contributed by atoms with Crippen LogP contribution in [0.15, 0.2) is 58.4 Å². The van der Waals surface area contributed by atoms with Crippen molar-refractivity contribution in [1.29, 1.82) is 10.0 Å². The van der Waals surface area contributed by atoms with E-state index in [4.69, 9.17) is 9.20 Å². The summed E-state index contributed by atoms with van der Waals surface area (Å²) in [4.78, 5) is 17.0. The number of urea groups is 1. The van der Waals surface area contributed by atoms with Crippen LogP contribution in [0.5, 0.6) is 0 Å². The number of nitriles is 1. The van der Waals surface area contributed by atoms with E-state index in [-0.39, 0.29) is 16.7 Å². The van der Waals surface area contributed by atoms with Crippen LogP contribution in [0.25, 0.3) is 11.1 Å². The van der Waals surface area contributed by atoms with Crippen molar-refractivity contribution in [1.82, 2.24) is 9.71 Å². The Morgan fingerprint density at radius 2 is 2.09 bits per heavy atom. The van der Waals surface area contributed by atoms with Gasteiger partial charge in [-0.05, 0) is 61.8 Å². The van der Waals surface area contributed by atoms with Crippen molar-refractivity contribution in [2.45, 2.75) is 50.2 Å². The van der Waals surface area contributed by atoms with Crippen LogP contribution < -0.4 is 10.0 Å². The fraction of sp³-hybridized carbons (Fsp3) is 0.320. The molecule has 1 saturated carbocycles. The van der Waals surface area contributed by atoms with Crippen LogP contribution in [0.3, 0.4) is 0 Å².